The molecule has 1 saturated heterocycles. The number of hydrogen-bond acceptors (Lipinski definition) is 3. The van der Waals surface area contributed by atoms with Gasteiger partial charge in [-0.15, -0.1) is 24.0 Å². The van der Waals surface area contributed by atoms with Gasteiger partial charge in [0.2, 0.25) is 0 Å². The summed E-state index contributed by atoms with van der Waals surface area (Å²) in [5.41, 5.74) is 1.14. The fourth-order valence-electron chi connectivity index (χ4n) is 2.59. The van der Waals surface area contributed by atoms with Crippen LogP contribution in [0.25, 0.3) is 0 Å². The van der Waals surface area contributed by atoms with Crippen LogP contribution in [-0.2, 0) is 11.8 Å². The van der Waals surface area contributed by atoms with Gasteiger partial charge in [0.25, 0.3) is 0 Å². The summed E-state index contributed by atoms with van der Waals surface area (Å²) in [6.45, 7) is 6.43. The maximum Gasteiger partial charge on any atom is 0.194 e. The van der Waals surface area contributed by atoms with Crippen LogP contribution in [0.4, 0.5) is 0 Å². The largest absolute Gasteiger partial charge is 0.370 e. The highest BCUT2D eigenvalue weighted by Gasteiger charge is 2.26. The Morgan fingerprint density at radius 2 is 2.32 bits per heavy atom. The predicted octanol–water partition coefficient (Wildman–Crippen LogP) is 1.79. The van der Waals surface area contributed by atoms with Crippen LogP contribution in [0.3, 0.4) is 0 Å². The maximum atomic E-state index is 5.90. The van der Waals surface area contributed by atoms with E-state index in [1.807, 2.05) is 24.1 Å². The SMILES string of the molecule is CCNC(=NCC1CC1)N1CCOC(c2cnn(C)c2)C1.I. The summed E-state index contributed by atoms with van der Waals surface area (Å²) in [5, 5.41) is 7.65. The molecule has 7 heteroatoms. The molecular weight excluding hydrogens is 393 g/mol. The summed E-state index contributed by atoms with van der Waals surface area (Å²) in [6.07, 6.45) is 6.68. The molecule has 1 aromatic heterocycles. The monoisotopic (exact) mass is 419 g/mol. The molecule has 0 aromatic carbocycles. The van der Waals surface area contributed by atoms with Gasteiger partial charge in [-0.05, 0) is 25.7 Å². The topological polar surface area (TPSA) is 54.7 Å². The molecular formula is C15H26IN5O. The van der Waals surface area contributed by atoms with Gasteiger partial charge in [0, 0.05) is 38.4 Å². The van der Waals surface area contributed by atoms with Crippen molar-refractivity contribution in [3.63, 3.8) is 0 Å². The van der Waals surface area contributed by atoms with E-state index in [1.54, 1.807) is 0 Å². The first kappa shape index (κ1) is 17.5. The molecule has 1 N–H and O–H groups in total. The average molecular weight is 419 g/mol. The van der Waals surface area contributed by atoms with E-state index in [4.69, 9.17) is 9.73 Å². The van der Waals surface area contributed by atoms with Crippen LogP contribution in [0.15, 0.2) is 17.4 Å². The molecule has 0 spiro atoms. The number of ether oxygens (including phenoxy) is 1. The Morgan fingerprint density at radius 1 is 1.50 bits per heavy atom. The molecule has 1 aliphatic heterocycles. The van der Waals surface area contributed by atoms with E-state index in [2.05, 4.69) is 22.2 Å². The number of aliphatic imine (C=N–C) groups is 1. The normalized spacial score (nSPS) is 22.4. The average Bonchev–Trinajstić information content (AvgIpc) is 3.23. The molecule has 124 valence electrons. The molecule has 2 aliphatic rings. The van der Waals surface area contributed by atoms with E-state index < -0.39 is 0 Å². The maximum absolute atomic E-state index is 5.90. The lowest BCUT2D eigenvalue weighted by molar-refractivity contribution is -0.00804. The van der Waals surface area contributed by atoms with E-state index >= 15 is 0 Å². The van der Waals surface area contributed by atoms with E-state index in [-0.39, 0.29) is 30.1 Å². The number of morpholine rings is 1. The Balaban J connectivity index is 0.00000176. The molecule has 1 unspecified atom stereocenters. The summed E-state index contributed by atoms with van der Waals surface area (Å²) in [7, 11) is 1.94. The minimum absolute atomic E-state index is 0. The summed E-state index contributed by atoms with van der Waals surface area (Å²) in [4.78, 5) is 7.10. The van der Waals surface area contributed by atoms with Gasteiger partial charge in [-0.1, -0.05) is 0 Å². The zero-order valence-corrected chi connectivity index (χ0v) is 15.7. The van der Waals surface area contributed by atoms with Crippen LogP contribution < -0.4 is 5.32 Å². The van der Waals surface area contributed by atoms with Crippen molar-refractivity contribution in [2.24, 2.45) is 18.0 Å². The van der Waals surface area contributed by atoms with Gasteiger partial charge < -0.3 is 15.0 Å². The van der Waals surface area contributed by atoms with Crippen LogP contribution in [0.2, 0.25) is 0 Å². The Morgan fingerprint density at radius 3 is 2.95 bits per heavy atom. The number of halogens is 1. The van der Waals surface area contributed by atoms with Crippen LogP contribution in [0.1, 0.15) is 31.4 Å². The number of nitrogens with one attached hydrogen (secondary N) is 1. The molecule has 1 aliphatic carbocycles. The lowest BCUT2D eigenvalue weighted by Gasteiger charge is -2.34. The summed E-state index contributed by atoms with van der Waals surface area (Å²) >= 11 is 0. The number of aryl methyl sites for hydroxylation is 1. The molecule has 0 amide bonds. The Kier molecular flexibility index (Phi) is 6.49. The quantitative estimate of drug-likeness (QED) is 0.460. The van der Waals surface area contributed by atoms with Crippen LogP contribution in [0, 0.1) is 5.92 Å². The van der Waals surface area contributed by atoms with Crippen molar-refractivity contribution in [1.82, 2.24) is 20.0 Å². The first-order valence-electron chi connectivity index (χ1n) is 7.89. The zero-order chi connectivity index (χ0) is 14.7. The summed E-state index contributed by atoms with van der Waals surface area (Å²) in [5.74, 6) is 1.84. The lowest BCUT2D eigenvalue weighted by atomic mass is 10.1. The summed E-state index contributed by atoms with van der Waals surface area (Å²) < 4.78 is 7.72. The van der Waals surface area contributed by atoms with Gasteiger partial charge >= 0.3 is 0 Å². The van der Waals surface area contributed by atoms with Crippen molar-refractivity contribution in [1.29, 1.82) is 0 Å². The highest BCUT2D eigenvalue weighted by molar-refractivity contribution is 14.0. The fourth-order valence-corrected chi connectivity index (χ4v) is 2.59. The standard InChI is InChI=1S/C15H25N5O.HI/c1-3-16-15(17-8-12-4-5-12)20-6-7-21-14(11-20)13-9-18-19(2)10-13;/h9-10,12,14H,3-8,11H2,1-2H3,(H,16,17);1H. The Bertz CT molecular complexity index is 500. The Labute approximate surface area is 149 Å². The number of nitrogens with zero attached hydrogens (tertiary/aromatic N) is 4. The third kappa shape index (κ3) is 4.58. The van der Waals surface area contributed by atoms with E-state index in [9.17, 15) is 0 Å². The van der Waals surface area contributed by atoms with Gasteiger partial charge in [-0.2, -0.15) is 5.10 Å². The minimum atomic E-state index is 0. The zero-order valence-electron chi connectivity index (χ0n) is 13.4. The molecule has 3 rings (SSSR count). The molecule has 1 saturated carbocycles. The number of guanidine groups is 1. The first-order chi connectivity index (χ1) is 10.3. The highest BCUT2D eigenvalue weighted by Crippen LogP contribution is 2.29. The smallest absolute Gasteiger partial charge is 0.194 e. The lowest BCUT2D eigenvalue weighted by Crippen LogP contribution is -2.48. The van der Waals surface area contributed by atoms with Gasteiger partial charge in [-0.3, -0.25) is 9.67 Å². The minimum Gasteiger partial charge on any atom is -0.370 e. The van der Waals surface area contributed by atoms with Crippen molar-refractivity contribution in [2.75, 3.05) is 32.8 Å². The van der Waals surface area contributed by atoms with Crippen LogP contribution >= 0.6 is 24.0 Å². The Hall–Kier alpha value is -0.830. The third-order valence-electron chi connectivity index (χ3n) is 3.99. The van der Waals surface area contributed by atoms with Gasteiger partial charge in [0.1, 0.15) is 6.10 Å². The fraction of sp³-hybridized carbons (Fsp3) is 0.733. The third-order valence-corrected chi connectivity index (χ3v) is 3.99. The molecule has 2 heterocycles. The number of rotatable bonds is 4. The van der Waals surface area contributed by atoms with Crippen molar-refractivity contribution in [3.8, 4) is 0 Å². The van der Waals surface area contributed by atoms with E-state index in [1.165, 1.54) is 12.8 Å². The molecule has 0 radical (unpaired) electrons. The second-order valence-corrected chi connectivity index (χ2v) is 5.89. The molecule has 22 heavy (non-hydrogen) atoms. The second kappa shape index (κ2) is 8.14. The van der Waals surface area contributed by atoms with Crippen molar-refractivity contribution >= 4 is 29.9 Å². The predicted molar refractivity (Wildman–Crippen MR) is 97.6 cm³/mol. The van der Waals surface area contributed by atoms with E-state index in [0.29, 0.717) is 0 Å². The molecule has 0 bridgehead atoms. The van der Waals surface area contributed by atoms with E-state index in [0.717, 1.165) is 50.2 Å². The molecule has 1 atom stereocenters. The van der Waals surface area contributed by atoms with Crippen LogP contribution in [0.5, 0.6) is 0 Å². The molecule has 2 fully saturated rings. The number of aromatic nitrogens is 2. The summed E-state index contributed by atoms with van der Waals surface area (Å²) in [6, 6.07) is 0. The molecule has 6 nitrogen and oxygen atoms in total. The first-order valence-corrected chi connectivity index (χ1v) is 7.89. The number of hydrogen-bond donors (Lipinski definition) is 1. The molecule has 1 aromatic rings. The van der Waals surface area contributed by atoms with Gasteiger partial charge in [0.05, 0.1) is 19.3 Å². The van der Waals surface area contributed by atoms with Crippen molar-refractivity contribution < 1.29 is 4.74 Å². The van der Waals surface area contributed by atoms with Crippen LogP contribution in [-0.4, -0.2) is 53.4 Å². The second-order valence-electron chi connectivity index (χ2n) is 5.89. The van der Waals surface area contributed by atoms with Gasteiger partial charge in [0.15, 0.2) is 5.96 Å². The van der Waals surface area contributed by atoms with Crippen molar-refractivity contribution in [2.45, 2.75) is 25.9 Å². The highest BCUT2D eigenvalue weighted by atomic mass is 127. The van der Waals surface area contributed by atoms with Gasteiger partial charge in [-0.25, -0.2) is 0 Å². The van der Waals surface area contributed by atoms with Crippen molar-refractivity contribution in [3.05, 3.63) is 18.0 Å².